The predicted octanol–water partition coefficient (Wildman–Crippen LogP) is 4.57. The maximum atomic E-state index is 9.11. The van der Waals surface area contributed by atoms with E-state index in [0.717, 1.165) is 18.6 Å². The normalized spacial score (nSPS) is 12.3. The molecule has 0 amide bonds. The standard InChI is InChI=1S/C17H28O2/c1-2-3-4-5-6-8-13-17(14-15-18)19-16-11-9-7-10-12-16/h7,9-12,17-18H,2-6,8,13-15H2,1H3. The zero-order valence-electron chi connectivity index (χ0n) is 12.2. The van der Waals surface area contributed by atoms with Crippen LogP contribution in [0.2, 0.25) is 0 Å². The number of para-hydroxylation sites is 1. The molecule has 0 aromatic heterocycles. The molecule has 1 rings (SSSR count). The number of benzene rings is 1. The molecule has 1 N–H and O–H groups in total. The van der Waals surface area contributed by atoms with E-state index in [-0.39, 0.29) is 12.7 Å². The maximum absolute atomic E-state index is 9.11. The molecule has 1 aromatic rings. The summed E-state index contributed by atoms with van der Waals surface area (Å²) in [5.41, 5.74) is 0. The van der Waals surface area contributed by atoms with E-state index in [1.807, 2.05) is 30.3 Å². The molecule has 0 fully saturated rings. The Morgan fingerprint density at radius 2 is 1.63 bits per heavy atom. The highest BCUT2D eigenvalue weighted by Crippen LogP contribution is 2.17. The van der Waals surface area contributed by atoms with Gasteiger partial charge in [-0.25, -0.2) is 0 Å². The summed E-state index contributed by atoms with van der Waals surface area (Å²) >= 11 is 0. The van der Waals surface area contributed by atoms with Crippen LogP contribution in [0, 0.1) is 0 Å². The van der Waals surface area contributed by atoms with Gasteiger partial charge in [0.25, 0.3) is 0 Å². The summed E-state index contributed by atoms with van der Waals surface area (Å²) in [5.74, 6) is 0.909. The Labute approximate surface area is 117 Å². The second-order valence-corrected chi connectivity index (χ2v) is 5.12. The minimum atomic E-state index is 0.151. The highest BCUT2D eigenvalue weighted by Gasteiger charge is 2.09. The predicted molar refractivity (Wildman–Crippen MR) is 80.6 cm³/mol. The fourth-order valence-electron chi connectivity index (χ4n) is 2.25. The van der Waals surface area contributed by atoms with Gasteiger partial charge in [-0.3, -0.25) is 0 Å². The summed E-state index contributed by atoms with van der Waals surface area (Å²) in [4.78, 5) is 0. The van der Waals surface area contributed by atoms with Crippen LogP contribution in [0.5, 0.6) is 5.75 Å². The molecule has 0 saturated heterocycles. The first kappa shape index (κ1) is 16.0. The van der Waals surface area contributed by atoms with Gasteiger partial charge in [0.2, 0.25) is 0 Å². The molecule has 0 aliphatic carbocycles. The quantitative estimate of drug-likeness (QED) is 0.593. The third-order valence-corrected chi connectivity index (χ3v) is 3.38. The molecule has 0 aliphatic heterocycles. The Morgan fingerprint density at radius 3 is 2.32 bits per heavy atom. The molecule has 0 radical (unpaired) electrons. The van der Waals surface area contributed by atoms with Gasteiger partial charge < -0.3 is 9.84 Å². The Bertz CT molecular complexity index is 297. The Hall–Kier alpha value is -1.02. The smallest absolute Gasteiger partial charge is 0.119 e. The van der Waals surface area contributed by atoms with Gasteiger partial charge in [0.1, 0.15) is 11.9 Å². The largest absolute Gasteiger partial charge is 0.490 e. The van der Waals surface area contributed by atoms with Gasteiger partial charge in [-0.1, -0.05) is 57.2 Å². The van der Waals surface area contributed by atoms with Crippen molar-refractivity contribution < 1.29 is 9.84 Å². The molecule has 0 spiro atoms. The lowest BCUT2D eigenvalue weighted by atomic mass is 10.1. The summed E-state index contributed by atoms with van der Waals surface area (Å²) in [6, 6.07) is 9.91. The van der Waals surface area contributed by atoms with Crippen molar-refractivity contribution >= 4 is 0 Å². The number of ether oxygens (including phenoxy) is 1. The number of aliphatic hydroxyl groups is 1. The number of hydrogen-bond acceptors (Lipinski definition) is 2. The lowest BCUT2D eigenvalue weighted by Gasteiger charge is -2.18. The number of rotatable bonds is 11. The fourth-order valence-corrected chi connectivity index (χ4v) is 2.25. The van der Waals surface area contributed by atoms with Gasteiger partial charge in [-0.05, 0) is 25.0 Å². The van der Waals surface area contributed by atoms with Crippen molar-refractivity contribution in [3.05, 3.63) is 30.3 Å². The molecule has 19 heavy (non-hydrogen) atoms. The minimum Gasteiger partial charge on any atom is -0.490 e. The van der Waals surface area contributed by atoms with Crippen molar-refractivity contribution in [2.75, 3.05) is 6.61 Å². The summed E-state index contributed by atoms with van der Waals surface area (Å²) in [7, 11) is 0. The molecule has 2 heteroatoms. The first-order valence-electron chi connectivity index (χ1n) is 7.69. The lowest BCUT2D eigenvalue weighted by Crippen LogP contribution is -2.18. The third-order valence-electron chi connectivity index (χ3n) is 3.38. The topological polar surface area (TPSA) is 29.5 Å². The van der Waals surface area contributed by atoms with Crippen LogP contribution in [0.3, 0.4) is 0 Å². The molecule has 1 unspecified atom stereocenters. The molecule has 0 saturated carbocycles. The average Bonchev–Trinajstić information content (AvgIpc) is 2.44. The van der Waals surface area contributed by atoms with Gasteiger partial charge in [0, 0.05) is 13.0 Å². The van der Waals surface area contributed by atoms with Crippen molar-refractivity contribution in [2.24, 2.45) is 0 Å². The van der Waals surface area contributed by atoms with Crippen molar-refractivity contribution in [3.63, 3.8) is 0 Å². The van der Waals surface area contributed by atoms with Gasteiger partial charge in [0.15, 0.2) is 0 Å². The number of unbranched alkanes of at least 4 members (excludes halogenated alkanes) is 5. The highest BCUT2D eigenvalue weighted by atomic mass is 16.5. The Kier molecular flexibility index (Phi) is 9.17. The van der Waals surface area contributed by atoms with Crippen LogP contribution in [0.25, 0.3) is 0 Å². The van der Waals surface area contributed by atoms with Crippen LogP contribution < -0.4 is 4.74 Å². The second kappa shape index (κ2) is 10.9. The molecule has 0 heterocycles. The Morgan fingerprint density at radius 1 is 0.947 bits per heavy atom. The number of hydrogen-bond donors (Lipinski definition) is 1. The molecule has 1 aromatic carbocycles. The van der Waals surface area contributed by atoms with Crippen LogP contribution in [0.4, 0.5) is 0 Å². The van der Waals surface area contributed by atoms with Crippen LogP contribution in [-0.4, -0.2) is 17.8 Å². The van der Waals surface area contributed by atoms with Crippen molar-refractivity contribution in [1.29, 1.82) is 0 Å². The third kappa shape index (κ3) is 7.89. The summed E-state index contributed by atoms with van der Waals surface area (Å²) in [6.07, 6.45) is 9.71. The van der Waals surface area contributed by atoms with E-state index in [1.54, 1.807) is 0 Å². The fraction of sp³-hybridized carbons (Fsp3) is 0.647. The van der Waals surface area contributed by atoms with Crippen molar-refractivity contribution in [1.82, 2.24) is 0 Å². The molecule has 1 atom stereocenters. The minimum absolute atomic E-state index is 0.151. The van der Waals surface area contributed by atoms with Gasteiger partial charge in [-0.15, -0.1) is 0 Å². The zero-order valence-corrected chi connectivity index (χ0v) is 12.2. The van der Waals surface area contributed by atoms with Gasteiger partial charge >= 0.3 is 0 Å². The van der Waals surface area contributed by atoms with E-state index in [4.69, 9.17) is 9.84 Å². The van der Waals surface area contributed by atoms with Crippen LogP contribution >= 0.6 is 0 Å². The molecular formula is C17H28O2. The Balaban J connectivity index is 2.21. The van der Waals surface area contributed by atoms with Gasteiger partial charge in [0.05, 0.1) is 0 Å². The molecule has 0 bridgehead atoms. The summed E-state index contributed by atoms with van der Waals surface area (Å²) in [6.45, 7) is 2.44. The van der Waals surface area contributed by atoms with Crippen LogP contribution in [0.1, 0.15) is 58.3 Å². The molecule has 0 aliphatic rings. The molecular weight excluding hydrogens is 236 g/mol. The monoisotopic (exact) mass is 264 g/mol. The summed E-state index contributed by atoms with van der Waals surface area (Å²) in [5, 5.41) is 9.11. The molecule has 2 nitrogen and oxygen atoms in total. The van der Waals surface area contributed by atoms with Crippen LogP contribution in [0.15, 0.2) is 30.3 Å². The first-order valence-corrected chi connectivity index (χ1v) is 7.69. The van der Waals surface area contributed by atoms with Crippen molar-refractivity contribution in [3.8, 4) is 5.75 Å². The van der Waals surface area contributed by atoms with Gasteiger partial charge in [-0.2, -0.15) is 0 Å². The van der Waals surface area contributed by atoms with E-state index in [1.165, 1.54) is 38.5 Å². The van der Waals surface area contributed by atoms with E-state index in [2.05, 4.69) is 6.92 Å². The van der Waals surface area contributed by atoms with Crippen LogP contribution in [-0.2, 0) is 0 Å². The summed E-state index contributed by atoms with van der Waals surface area (Å²) < 4.78 is 5.92. The lowest BCUT2D eigenvalue weighted by molar-refractivity contribution is 0.143. The average molecular weight is 264 g/mol. The first-order chi connectivity index (χ1) is 9.36. The van der Waals surface area contributed by atoms with Crippen molar-refractivity contribution in [2.45, 2.75) is 64.4 Å². The second-order valence-electron chi connectivity index (χ2n) is 5.12. The van der Waals surface area contributed by atoms with E-state index in [9.17, 15) is 0 Å². The highest BCUT2D eigenvalue weighted by molar-refractivity contribution is 5.21. The number of aliphatic hydroxyl groups excluding tert-OH is 1. The van der Waals surface area contributed by atoms with E-state index >= 15 is 0 Å². The molecule has 108 valence electrons. The van der Waals surface area contributed by atoms with E-state index in [0.29, 0.717) is 0 Å². The SMILES string of the molecule is CCCCCCCCC(CCO)Oc1ccccc1. The maximum Gasteiger partial charge on any atom is 0.119 e. The zero-order chi connectivity index (χ0) is 13.8. The van der Waals surface area contributed by atoms with E-state index < -0.39 is 0 Å².